The van der Waals surface area contributed by atoms with Crippen LogP contribution in [-0.4, -0.2) is 29.7 Å². The number of rotatable bonds is 7. The van der Waals surface area contributed by atoms with Gasteiger partial charge in [-0.25, -0.2) is 9.38 Å². The van der Waals surface area contributed by atoms with Crippen LogP contribution < -0.4 is 24.3 Å². The molecular weight excluding hydrogens is 540 g/mol. The van der Waals surface area contributed by atoms with E-state index < -0.39 is 0 Å². The quantitative estimate of drug-likeness (QED) is 0.253. The smallest absolute Gasteiger partial charge is 0.274 e. The highest BCUT2D eigenvalue weighted by atomic mass is 79.9. The summed E-state index contributed by atoms with van der Waals surface area (Å²) in [6.45, 7) is 0.632. The molecule has 0 atom stereocenters. The van der Waals surface area contributed by atoms with E-state index in [2.05, 4.69) is 20.9 Å². The molecule has 6 nitrogen and oxygen atoms in total. The van der Waals surface area contributed by atoms with Gasteiger partial charge in [0.15, 0.2) is 16.5 Å². The number of imidazole rings is 1. The molecule has 34 heavy (non-hydrogen) atoms. The fraction of sp³-hybridized carbons (Fsp3) is 0.120. The molecule has 0 N–H and O–H groups in total. The van der Waals surface area contributed by atoms with Gasteiger partial charge < -0.3 is 14.2 Å². The number of para-hydroxylation sites is 2. The summed E-state index contributed by atoms with van der Waals surface area (Å²) < 4.78 is 20.2. The van der Waals surface area contributed by atoms with Gasteiger partial charge in [-0.3, -0.25) is 4.79 Å². The van der Waals surface area contributed by atoms with Gasteiger partial charge in [0.05, 0.1) is 27.7 Å². The molecule has 0 saturated carbocycles. The van der Waals surface area contributed by atoms with E-state index in [0.29, 0.717) is 32.6 Å². The zero-order valence-electron chi connectivity index (χ0n) is 18.0. The van der Waals surface area contributed by atoms with Crippen LogP contribution in [0.4, 0.5) is 0 Å². The molecule has 5 rings (SSSR count). The molecular formula is C25H18BrClN2O4S. The highest BCUT2D eigenvalue weighted by Gasteiger charge is 2.14. The van der Waals surface area contributed by atoms with E-state index in [0.717, 1.165) is 26.8 Å². The topological polar surface area (TPSA) is 62.1 Å². The number of benzene rings is 3. The summed E-state index contributed by atoms with van der Waals surface area (Å²) in [7, 11) is 1.55. The highest BCUT2D eigenvalue weighted by Crippen LogP contribution is 2.36. The Kier molecular flexibility index (Phi) is 6.45. The third kappa shape index (κ3) is 4.49. The Morgan fingerprint density at radius 1 is 1.09 bits per heavy atom. The lowest BCUT2D eigenvalue weighted by molar-refractivity contribution is 0.211. The SMILES string of the molecule is COc1cc(/C=c2\sc3nc4ccccc4n3c2=O)cc(Cl)c1OCCOc1ccc(Br)cc1. The molecule has 0 fully saturated rings. The zero-order valence-corrected chi connectivity index (χ0v) is 21.1. The second-order valence-electron chi connectivity index (χ2n) is 7.32. The van der Waals surface area contributed by atoms with Gasteiger partial charge in [0.1, 0.15) is 19.0 Å². The van der Waals surface area contributed by atoms with Gasteiger partial charge in [0.25, 0.3) is 5.56 Å². The largest absolute Gasteiger partial charge is 0.493 e. The Balaban J connectivity index is 1.38. The standard InChI is InChI=1S/C25H18BrClN2O4S/c1-31-21-13-15(12-18(27)23(21)33-11-10-32-17-8-6-16(26)7-9-17)14-22-24(30)29-20-5-3-2-4-19(20)28-25(29)34-22/h2-9,12-14H,10-11H2,1H3/b22-14-. The number of halogens is 2. The van der Waals surface area contributed by atoms with Crippen LogP contribution in [0.2, 0.25) is 5.02 Å². The molecule has 0 bridgehead atoms. The number of aromatic nitrogens is 2. The Bertz CT molecular complexity index is 1600. The molecule has 2 aromatic heterocycles. The first-order chi connectivity index (χ1) is 16.5. The predicted octanol–water partition coefficient (Wildman–Crippen LogP) is 5.34. The first-order valence-electron chi connectivity index (χ1n) is 10.3. The molecule has 0 unspecified atom stereocenters. The molecule has 0 radical (unpaired) electrons. The van der Waals surface area contributed by atoms with Crippen molar-refractivity contribution in [3.63, 3.8) is 0 Å². The van der Waals surface area contributed by atoms with Crippen LogP contribution >= 0.6 is 38.9 Å². The molecule has 2 heterocycles. The minimum atomic E-state index is -0.116. The van der Waals surface area contributed by atoms with Gasteiger partial charge in [-0.2, -0.15) is 0 Å². The molecule has 3 aromatic carbocycles. The summed E-state index contributed by atoms with van der Waals surface area (Å²) >= 11 is 11.2. The Labute approximate surface area is 212 Å². The lowest BCUT2D eigenvalue weighted by Crippen LogP contribution is -2.22. The van der Waals surface area contributed by atoms with Crippen molar-refractivity contribution < 1.29 is 14.2 Å². The minimum Gasteiger partial charge on any atom is -0.493 e. The highest BCUT2D eigenvalue weighted by molar-refractivity contribution is 9.10. The molecule has 0 spiro atoms. The van der Waals surface area contributed by atoms with E-state index in [9.17, 15) is 4.79 Å². The van der Waals surface area contributed by atoms with Gasteiger partial charge in [-0.15, -0.1) is 0 Å². The van der Waals surface area contributed by atoms with E-state index in [1.54, 1.807) is 29.7 Å². The molecule has 5 aromatic rings. The maximum absolute atomic E-state index is 13.0. The predicted molar refractivity (Wildman–Crippen MR) is 139 cm³/mol. The first-order valence-corrected chi connectivity index (χ1v) is 12.3. The number of thiazole rings is 1. The summed E-state index contributed by atoms with van der Waals surface area (Å²) in [4.78, 5) is 18.2. The Morgan fingerprint density at radius 3 is 2.65 bits per heavy atom. The monoisotopic (exact) mass is 556 g/mol. The molecule has 0 saturated heterocycles. The van der Waals surface area contributed by atoms with E-state index in [-0.39, 0.29) is 12.2 Å². The summed E-state index contributed by atoms with van der Waals surface area (Å²) in [6.07, 6.45) is 1.78. The third-order valence-corrected chi connectivity index (χ3v) is 6.89. The number of methoxy groups -OCH3 is 1. The van der Waals surface area contributed by atoms with Gasteiger partial charge in [0, 0.05) is 4.47 Å². The summed E-state index contributed by atoms with van der Waals surface area (Å²) in [5.41, 5.74) is 2.20. The van der Waals surface area contributed by atoms with Crippen LogP contribution in [0, 0.1) is 0 Å². The normalized spacial score (nSPS) is 11.9. The third-order valence-electron chi connectivity index (χ3n) is 5.11. The second kappa shape index (κ2) is 9.66. The number of ether oxygens (including phenoxy) is 3. The molecule has 0 aliphatic carbocycles. The summed E-state index contributed by atoms with van der Waals surface area (Å²) in [5.74, 6) is 1.65. The van der Waals surface area contributed by atoms with Gasteiger partial charge in [0.2, 0.25) is 0 Å². The fourth-order valence-electron chi connectivity index (χ4n) is 3.56. The fourth-order valence-corrected chi connectivity index (χ4v) is 5.09. The van der Waals surface area contributed by atoms with Crippen molar-refractivity contribution in [1.82, 2.24) is 9.38 Å². The first kappa shape index (κ1) is 22.7. The Hall–Kier alpha value is -3.07. The van der Waals surface area contributed by atoms with Gasteiger partial charge in [-0.05, 0) is 60.2 Å². The average molecular weight is 558 g/mol. The van der Waals surface area contributed by atoms with Crippen molar-refractivity contribution >= 4 is 60.9 Å². The van der Waals surface area contributed by atoms with Crippen LogP contribution in [0.1, 0.15) is 5.56 Å². The average Bonchev–Trinajstić information content (AvgIpc) is 3.34. The maximum atomic E-state index is 13.0. The van der Waals surface area contributed by atoms with E-state index in [4.69, 9.17) is 25.8 Å². The molecule has 0 amide bonds. The van der Waals surface area contributed by atoms with E-state index in [1.807, 2.05) is 48.5 Å². The number of fused-ring (bicyclic) bond motifs is 3. The van der Waals surface area contributed by atoms with Crippen molar-refractivity contribution in [2.24, 2.45) is 0 Å². The number of hydrogen-bond acceptors (Lipinski definition) is 6. The van der Waals surface area contributed by atoms with Crippen LogP contribution in [0.3, 0.4) is 0 Å². The number of nitrogens with zero attached hydrogens (tertiary/aromatic N) is 2. The lowest BCUT2D eigenvalue weighted by atomic mass is 10.2. The van der Waals surface area contributed by atoms with Crippen molar-refractivity contribution in [3.05, 3.63) is 90.6 Å². The van der Waals surface area contributed by atoms with Crippen LogP contribution in [-0.2, 0) is 0 Å². The second-order valence-corrected chi connectivity index (χ2v) is 9.65. The summed E-state index contributed by atoms with van der Waals surface area (Å²) in [6, 6.07) is 18.7. The van der Waals surface area contributed by atoms with Crippen LogP contribution in [0.25, 0.3) is 22.1 Å². The lowest BCUT2D eigenvalue weighted by Gasteiger charge is -2.14. The van der Waals surface area contributed by atoms with Gasteiger partial charge >= 0.3 is 0 Å². The van der Waals surface area contributed by atoms with Crippen molar-refractivity contribution in [2.75, 3.05) is 20.3 Å². The molecule has 9 heteroatoms. The minimum absolute atomic E-state index is 0.116. The van der Waals surface area contributed by atoms with E-state index >= 15 is 0 Å². The molecule has 0 aliphatic heterocycles. The van der Waals surface area contributed by atoms with Crippen molar-refractivity contribution in [3.8, 4) is 17.2 Å². The van der Waals surface area contributed by atoms with Crippen molar-refractivity contribution in [1.29, 1.82) is 0 Å². The van der Waals surface area contributed by atoms with Crippen LogP contribution in [0.5, 0.6) is 17.2 Å². The van der Waals surface area contributed by atoms with Crippen molar-refractivity contribution in [2.45, 2.75) is 0 Å². The zero-order chi connectivity index (χ0) is 23.7. The molecule has 0 aliphatic rings. The maximum Gasteiger partial charge on any atom is 0.274 e. The van der Waals surface area contributed by atoms with Crippen LogP contribution in [0.15, 0.2) is 69.9 Å². The van der Waals surface area contributed by atoms with E-state index in [1.165, 1.54) is 11.3 Å². The number of hydrogen-bond donors (Lipinski definition) is 0. The van der Waals surface area contributed by atoms with Gasteiger partial charge in [-0.1, -0.05) is 51.0 Å². The Morgan fingerprint density at radius 2 is 1.85 bits per heavy atom. The molecule has 172 valence electrons. The summed E-state index contributed by atoms with van der Waals surface area (Å²) in [5, 5.41) is 0.383.